The average Bonchev–Trinajstić information content (AvgIpc) is 2.89. The summed E-state index contributed by atoms with van der Waals surface area (Å²) in [7, 11) is 1.67. The van der Waals surface area contributed by atoms with Crippen molar-refractivity contribution in [3.05, 3.63) is 82.9 Å². The number of hydrogen-bond donors (Lipinski definition) is 2. The zero-order valence-corrected chi connectivity index (χ0v) is 21.7. The zero-order chi connectivity index (χ0) is 27.5. The Kier molecular flexibility index (Phi) is 15.3. The molecule has 0 heterocycles. The SMILES string of the molecule is CCCc1cccc(CCC(=O)/C=C\C(=NC)c2ccc(C(=O)NCCC(=O)OCC)cc2)c1.O=CO. The van der Waals surface area contributed by atoms with E-state index in [0.29, 0.717) is 30.7 Å². The van der Waals surface area contributed by atoms with E-state index in [1.165, 1.54) is 11.1 Å². The zero-order valence-electron chi connectivity index (χ0n) is 21.7. The molecule has 0 atom stereocenters. The van der Waals surface area contributed by atoms with Gasteiger partial charge in [-0.3, -0.25) is 24.2 Å². The van der Waals surface area contributed by atoms with E-state index < -0.39 is 0 Å². The molecule has 0 unspecified atom stereocenters. The number of ether oxygens (including phenoxy) is 1. The molecule has 0 aliphatic rings. The maximum atomic E-state index is 12.4. The molecule has 0 fully saturated rings. The Morgan fingerprint density at radius 1 is 0.946 bits per heavy atom. The second-order valence-corrected chi connectivity index (χ2v) is 7.97. The molecule has 2 aromatic carbocycles. The van der Waals surface area contributed by atoms with Gasteiger partial charge in [0, 0.05) is 25.6 Å². The molecule has 2 aromatic rings. The Hall–Kier alpha value is -4.07. The molecular formula is C29H36N2O6. The first-order valence-corrected chi connectivity index (χ1v) is 12.3. The standard InChI is InChI=1S/C28H34N2O4.CH2O2/c1-4-7-21-8-6-9-22(20-21)10-15-25(31)16-17-26(29-3)23-11-13-24(14-12-23)28(33)30-19-18-27(32)34-5-2;2-1-3/h6,8-9,11-14,16-17,20H,4-5,7,10,15,18-19H2,1-3H3,(H,30,33);1H,(H,2,3)/b17-16-,29-26?;. The molecule has 0 aliphatic heterocycles. The number of aryl methyl sites for hydroxylation is 2. The van der Waals surface area contributed by atoms with Gasteiger partial charge in [0.15, 0.2) is 5.78 Å². The van der Waals surface area contributed by atoms with Crippen LogP contribution < -0.4 is 5.32 Å². The smallest absolute Gasteiger partial charge is 0.307 e. The molecule has 8 nitrogen and oxygen atoms in total. The molecule has 37 heavy (non-hydrogen) atoms. The number of carbonyl (C=O) groups excluding carboxylic acids is 3. The van der Waals surface area contributed by atoms with Gasteiger partial charge >= 0.3 is 5.97 Å². The van der Waals surface area contributed by atoms with Gasteiger partial charge in [-0.25, -0.2) is 0 Å². The average molecular weight is 509 g/mol. The van der Waals surface area contributed by atoms with Gasteiger partial charge in [-0.2, -0.15) is 0 Å². The fourth-order valence-corrected chi connectivity index (χ4v) is 3.46. The van der Waals surface area contributed by atoms with Crippen molar-refractivity contribution in [3.8, 4) is 0 Å². The van der Waals surface area contributed by atoms with Crippen molar-refractivity contribution in [3.63, 3.8) is 0 Å². The van der Waals surface area contributed by atoms with Gasteiger partial charge in [0.05, 0.1) is 18.7 Å². The minimum Gasteiger partial charge on any atom is -0.483 e. The Balaban J connectivity index is 0.00000217. The van der Waals surface area contributed by atoms with Crippen LogP contribution in [0.5, 0.6) is 0 Å². The van der Waals surface area contributed by atoms with Crippen molar-refractivity contribution in [2.45, 2.75) is 46.0 Å². The van der Waals surface area contributed by atoms with Gasteiger partial charge in [-0.15, -0.1) is 0 Å². The third-order valence-corrected chi connectivity index (χ3v) is 5.22. The summed E-state index contributed by atoms with van der Waals surface area (Å²) in [5.41, 5.74) is 4.43. The van der Waals surface area contributed by atoms with E-state index in [9.17, 15) is 14.4 Å². The first-order valence-electron chi connectivity index (χ1n) is 12.3. The van der Waals surface area contributed by atoms with Crippen LogP contribution in [0.4, 0.5) is 0 Å². The molecule has 2 rings (SSSR count). The fourth-order valence-electron chi connectivity index (χ4n) is 3.46. The summed E-state index contributed by atoms with van der Waals surface area (Å²) in [6.07, 6.45) is 6.70. The molecular weight excluding hydrogens is 472 g/mol. The third-order valence-electron chi connectivity index (χ3n) is 5.22. The van der Waals surface area contributed by atoms with Crippen LogP contribution in [-0.4, -0.2) is 55.1 Å². The number of aliphatic imine (C=N–C) groups is 1. The van der Waals surface area contributed by atoms with Crippen LogP contribution >= 0.6 is 0 Å². The highest BCUT2D eigenvalue weighted by atomic mass is 16.5. The monoisotopic (exact) mass is 508 g/mol. The number of ketones is 1. The molecule has 0 saturated heterocycles. The van der Waals surface area contributed by atoms with E-state index in [0.717, 1.165) is 18.4 Å². The number of allylic oxidation sites excluding steroid dienone is 2. The summed E-state index contributed by atoms with van der Waals surface area (Å²) in [4.78, 5) is 48.6. The van der Waals surface area contributed by atoms with Gasteiger partial charge in [0.2, 0.25) is 0 Å². The number of nitrogens with zero attached hydrogens (tertiary/aromatic N) is 1. The summed E-state index contributed by atoms with van der Waals surface area (Å²) in [6.45, 7) is 4.19. The Morgan fingerprint density at radius 2 is 1.57 bits per heavy atom. The van der Waals surface area contributed by atoms with E-state index in [1.54, 1.807) is 50.4 Å². The van der Waals surface area contributed by atoms with Crippen LogP contribution in [0.2, 0.25) is 0 Å². The van der Waals surface area contributed by atoms with Crippen LogP contribution in [0.1, 0.15) is 60.2 Å². The highest BCUT2D eigenvalue weighted by Crippen LogP contribution is 2.11. The first kappa shape index (κ1) is 31.0. The quantitative estimate of drug-likeness (QED) is 0.181. The van der Waals surface area contributed by atoms with Crippen molar-refractivity contribution in [2.24, 2.45) is 4.99 Å². The fraction of sp³-hybridized carbons (Fsp3) is 0.345. The van der Waals surface area contributed by atoms with E-state index in [-0.39, 0.29) is 37.1 Å². The Labute approximate surface area is 218 Å². The number of carboxylic acid groups (broad SMARTS) is 1. The minimum atomic E-state index is -0.340. The van der Waals surface area contributed by atoms with E-state index in [1.807, 2.05) is 6.07 Å². The summed E-state index contributed by atoms with van der Waals surface area (Å²) >= 11 is 0. The second kappa shape index (κ2) is 18.2. The first-order chi connectivity index (χ1) is 17.9. The van der Waals surface area contributed by atoms with Crippen molar-refractivity contribution in [1.29, 1.82) is 0 Å². The number of nitrogens with one attached hydrogen (secondary N) is 1. The van der Waals surface area contributed by atoms with Gasteiger partial charge in [-0.1, -0.05) is 49.7 Å². The molecule has 0 aliphatic carbocycles. The minimum absolute atomic E-state index is 0.0413. The number of esters is 1. The summed E-state index contributed by atoms with van der Waals surface area (Å²) in [5.74, 6) is -0.563. The van der Waals surface area contributed by atoms with E-state index >= 15 is 0 Å². The van der Waals surface area contributed by atoms with E-state index in [4.69, 9.17) is 14.6 Å². The van der Waals surface area contributed by atoms with Crippen LogP contribution in [0, 0.1) is 0 Å². The normalized spacial score (nSPS) is 10.8. The topological polar surface area (TPSA) is 122 Å². The number of amides is 1. The molecule has 0 aromatic heterocycles. The predicted molar refractivity (Wildman–Crippen MR) is 144 cm³/mol. The molecule has 198 valence electrons. The highest BCUT2D eigenvalue weighted by molar-refractivity contribution is 6.11. The van der Waals surface area contributed by atoms with Crippen molar-refractivity contribution in [2.75, 3.05) is 20.2 Å². The van der Waals surface area contributed by atoms with Crippen LogP contribution in [-0.2, 0) is 32.0 Å². The maximum absolute atomic E-state index is 12.4. The largest absolute Gasteiger partial charge is 0.483 e. The van der Waals surface area contributed by atoms with Crippen molar-refractivity contribution >= 4 is 29.8 Å². The Morgan fingerprint density at radius 3 is 2.16 bits per heavy atom. The molecule has 0 spiro atoms. The van der Waals surface area contributed by atoms with Crippen molar-refractivity contribution < 1.29 is 29.0 Å². The molecule has 0 radical (unpaired) electrons. The van der Waals surface area contributed by atoms with Crippen molar-refractivity contribution in [1.82, 2.24) is 5.32 Å². The summed E-state index contributed by atoms with van der Waals surface area (Å²) in [6, 6.07) is 15.4. The molecule has 0 bridgehead atoms. The number of hydrogen-bond acceptors (Lipinski definition) is 6. The lowest BCUT2D eigenvalue weighted by atomic mass is 10.0. The summed E-state index contributed by atoms with van der Waals surface area (Å²) < 4.78 is 4.84. The van der Waals surface area contributed by atoms with Gasteiger partial charge in [0.1, 0.15) is 0 Å². The second-order valence-electron chi connectivity index (χ2n) is 7.97. The van der Waals surface area contributed by atoms with E-state index in [2.05, 4.69) is 35.4 Å². The van der Waals surface area contributed by atoms with Gasteiger partial charge in [0.25, 0.3) is 12.4 Å². The molecule has 8 heteroatoms. The van der Waals surface area contributed by atoms with Crippen LogP contribution in [0.3, 0.4) is 0 Å². The lowest BCUT2D eigenvalue weighted by molar-refractivity contribution is -0.142. The molecule has 0 saturated carbocycles. The third kappa shape index (κ3) is 12.5. The van der Waals surface area contributed by atoms with Gasteiger partial charge < -0.3 is 15.2 Å². The highest BCUT2D eigenvalue weighted by Gasteiger charge is 2.08. The van der Waals surface area contributed by atoms with Crippen LogP contribution in [0.25, 0.3) is 0 Å². The Bertz CT molecular complexity index is 1070. The maximum Gasteiger partial charge on any atom is 0.307 e. The van der Waals surface area contributed by atoms with Gasteiger partial charge in [-0.05, 0) is 60.7 Å². The summed E-state index contributed by atoms with van der Waals surface area (Å²) in [5, 5.41) is 9.59. The number of benzene rings is 2. The lowest BCUT2D eigenvalue weighted by Gasteiger charge is -2.07. The number of rotatable bonds is 13. The molecule has 1 amide bonds. The number of carbonyl (C=O) groups is 4. The van der Waals surface area contributed by atoms with Crippen LogP contribution in [0.15, 0.2) is 65.7 Å². The lowest BCUT2D eigenvalue weighted by Crippen LogP contribution is -2.26. The molecule has 2 N–H and O–H groups in total. The predicted octanol–water partition coefficient (Wildman–Crippen LogP) is 4.20.